The Morgan fingerprint density at radius 3 is 0.982 bits per heavy atom. The van der Waals surface area contributed by atoms with Crippen molar-refractivity contribution >= 4 is 17.1 Å². The monoisotopic (exact) mass is 701 g/mol. The highest BCUT2D eigenvalue weighted by molar-refractivity contribution is 5.94. The number of anilines is 3. The second kappa shape index (κ2) is 15.4. The second-order valence-corrected chi connectivity index (χ2v) is 13.7. The van der Waals surface area contributed by atoms with Gasteiger partial charge in [-0.15, -0.1) is 0 Å². The van der Waals surface area contributed by atoms with Gasteiger partial charge < -0.3 is 4.90 Å². The van der Waals surface area contributed by atoms with Gasteiger partial charge in [0, 0.05) is 16.9 Å². The summed E-state index contributed by atoms with van der Waals surface area (Å²) >= 11 is 0. The predicted molar refractivity (Wildman–Crippen MR) is 234 cm³/mol. The molecular formula is C54H39N. The molecule has 0 saturated heterocycles. The van der Waals surface area contributed by atoms with E-state index < -0.39 is 0 Å². The largest absolute Gasteiger partial charge is 0.310 e. The van der Waals surface area contributed by atoms with Crippen molar-refractivity contribution in [3.8, 4) is 66.8 Å². The summed E-state index contributed by atoms with van der Waals surface area (Å²) in [6.45, 7) is 0. The van der Waals surface area contributed by atoms with E-state index in [9.17, 15) is 0 Å². The van der Waals surface area contributed by atoms with E-state index in [1.54, 1.807) is 0 Å². The normalized spacial score (nSPS) is 10.9. The van der Waals surface area contributed by atoms with Crippen LogP contribution < -0.4 is 4.90 Å². The molecule has 55 heavy (non-hydrogen) atoms. The Bertz CT molecular complexity index is 2650. The Morgan fingerprint density at radius 2 is 0.509 bits per heavy atom. The van der Waals surface area contributed by atoms with Crippen LogP contribution in [0.5, 0.6) is 0 Å². The summed E-state index contributed by atoms with van der Waals surface area (Å²) in [5.74, 6) is 0. The zero-order valence-electron chi connectivity index (χ0n) is 30.5. The number of nitrogens with zero attached hydrogens (tertiary/aromatic N) is 1. The number of rotatable bonds is 9. The topological polar surface area (TPSA) is 3.24 Å². The molecular weight excluding hydrogens is 663 g/mol. The standard InChI is InChI=1S/C54H39N/c1-5-17-40(18-6-1)42-29-34-47(35-30-42)55(54-38-33-46(41-19-7-2-8-20-41)39-53(54)44-23-11-4-12-24-44)48-36-31-45(32-37-48)50-26-14-16-28-52(50)51-27-15-13-25-49(51)43-21-9-3-10-22-43/h1-39H. The average Bonchev–Trinajstić information content (AvgIpc) is 3.28. The predicted octanol–water partition coefficient (Wildman–Crippen LogP) is 15.2. The third-order valence-electron chi connectivity index (χ3n) is 10.3. The maximum Gasteiger partial charge on any atom is 0.0540 e. The van der Waals surface area contributed by atoms with Gasteiger partial charge in [0.1, 0.15) is 0 Å². The molecule has 0 fully saturated rings. The lowest BCUT2D eigenvalue weighted by Crippen LogP contribution is -2.11. The molecule has 9 aromatic rings. The van der Waals surface area contributed by atoms with Crippen LogP contribution in [0.4, 0.5) is 17.1 Å². The van der Waals surface area contributed by atoms with Crippen LogP contribution in [-0.2, 0) is 0 Å². The molecule has 0 aromatic heterocycles. The number of hydrogen-bond acceptors (Lipinski definition) is 1. The summed E-state index contributed by atoms with van der Waals surface area (Å²) in [4.78, 5) is 2.40. The van der Waals surface area contributed by atoms with Crippen molar-refractivity contribution in [1.29, 1.82) is 0 Å². The molecule has 0 unspecified atom stereocenters. The molecule has 0 N–H and O–H groups in total. The van der Waals surface area contributed by atoms with Crippen molar-refractivity contribution in [3.63, 3.8) is 0 Å². The quantitative estimate of drug-likeness (QED) is 0.145. The summed E-state index contributed by atoms with van der Waals surface area (Å²) in [6, 6.07) is 85.0. The van der Waals surface area contributed by atoms with E-state index in [-0.39, 0.29) is 0 Å². The molecule has 0 radical (unpaired) electrons. The summed E-state index contributed by atoms with van der Waals surface area (Å²) in [6.07, 6.45) is 0. The molecule has 9 aromatic carbocycles. The van der Waals surface area contributed by atoms with Crippen LogP contribution >= 0.6 is 0 Å². The highest BCUT2D eigenvalue weighted by atomic mass is 15.1. The first kappa shape index (κ1) is 33.6. The van der Waals surface area contributed by atoms with E-state index in [0.717, 1.165) is 17.1 Å². The fourth-order valence-corrected chi connectivity index (χ4v) is 7.60. The van der Waals surface area contributed by atoms with Crippen molar-refractivity contribution in [2.45, 2.75) is 0 Å². The van der Waals surface area contributed by atoms with E-state index in [1.807, 2.05) is 0 Å². The maximum atomic E-state index is 2.40. The zero-order chi connectivity index (χ0) is 36.8. The first-order valence-corrected chi connectivity index (χ1v) is 18.8. The average molecular weight is 702 g/mol. The number of benzene rings is 9. The number of hydrogen-bond donors (Lipinski definition) is 0. The lowest BCUT2D eigenvalue weighted by Gasteiger charge is -2.29. The second-order valence-electron chi connectivity index (χ2n) is 13.7. The van der Waals surface area contributed by atoms with Crippen LogP contribution in [0.2, 0.25) is 0 Å². The van der Waals surface area contributed by atoms with Gasteiger partial charge in [-0.3, -0.25) is 0 Å². The zero-order valence-corrected chi connectivity index (χ0v) is 30.5. The molecule has 0 aliphatic rings. The van der Waals surface area contributed by atoms with Crippen molar-refractivity contribution in [3.05, 3.63) is 237 Å². The minimum Gasteiger partial charge on any atom is -0.310 e. The fourth-order valence-electron chi connectivity index (χ4n) is 7.60. The van der Waals surface area contributed by atoms with E-state index in [1.165, 1.54) is 66.8 Å². The first-order valence-electron chi connectivity index (χ1n) is 18.8. The van der Waals surface area contributed by atoms with E-state index in [2.05, 4.69) is 241 Å². The van der Waals surface area contributed by atoms with Crippen molar-refractivity contribution in [1.82, 2.24) is 0 Å². The molecule has 0 aliphatic heterocycles. The highest BCUT2D eigenvalue weighted by Crippen LogP contribution is 2.44. The van der Waals surface area contributed by atoms with Gasteiger partial charge in [0.05, 0.1) is 5.69 Å². The highest BCUT2D eigenvalue weighted by Gasteiger charge is 2.19. The van der Waals surface area contributed by atoms with E-state index in [4.69, 9.17) is 0 Å². The molecule has 0 amide bonds. The molecule has 0 heterocycles. The van der Waals surface area contributed by atoms with Gasteiger partial charge >= 0.3 is 0 Å². The third-order valence-corrected chi connectivity index (χ3v) is 10.3. The summed E-state index contributed by atoms with van der Waals surface area (Å²) in [5, 5.41) is 0. The van der Waals surface area contributed by atoms with Gasteiger partial charge in [-0.1, -0.05) is 200 Å². The van der Waals surface area contributed by atoms with Gasteiger partial charge in [0.2, 0.25) is 0 Å². The third kappa shape index (κ3) is 7.00. The van der Waals surface area contributed by atoms with E-state index in [0.29, 0.717) is 0 Å². The lowest BCUT2D eigenvalue weighted by atomic mass is 9.89. The summed E-state index contributed by atoms with van der Waals surface area (Å²) in [7, 11) is 0. The van der Waals surface area contributed by atoms with Crippen LogP contribution in [0.15, 0.2) is 237 Å². The molecule has 260 valence electrons. The Kier molecular flexibility index (Phi) is 9.41. The fraction of sp³-hybridized carbons (Fsp3) is 0. The molecule has 0 aliphatic carbocycles. The Labute approximate surface area is 324 Å². The summed E-state index contributed by atoms with van der Waals surface area (Å²) < 4.78 is 0. The lowest BCUT2D eigenvalue weighted by molar-refractivity contribution is 1.28. The minimum atomic E-state index is 1.09. The van der Waals surface area contributed by atoms with Gasteiger partial charge in [0.15, 0.2) is 0 Å². The van der Waals surface area contributed by atoms with Gasteiger partial charge in [0.25, 0.3) is 0 Å². The van der Waals surface area contributed by atoms with Crippen LogP contribution in [0.3, 0.4) is 0 Å². The molecule has 0 atom stereocenters. The minimum absolute atomic E-state index is 1.09. The molecule has 0 spiro atoms. The van der Waals surface area contributed by atoms with Crippen molar-refractivity contribution < 1.29 is 0 Å². The van der Waals surface area contributed by atoms with Crippen LogP contribution in [-0.4, -0.2) is 0 Å². The van der Waals surface area contributed by atoms with Crippen molar-refractivity contribution in [2.75, 3.05) is 4.90 Å². The van der Waals surface area contributed by atoms with Crippen molar-refractivity contribution in [2.24, 2.45) is 0 Å². The Morgan fingerprint density at radius 1 is 0.200 bits per heavy atom. The SMILES string of the molecule is c1ccc(-c2ccc(N(c3ccc(-c4ccccc4-c4ccccc4-c4ccccc4)cc3)c3ccc(-c4ccccc4)cc3-c3ccccc3)cc2)cc1. The first-order chi connectivity index (χ1) is 27.3. The van der Waals surface area contributed by atoms with Crippen LogP contribution in [0.25, 0.3) is 66.8 Å². The molecule has 1 nitrogen and oxygen atoms in total. The van der Waals surface area contributed by atoms with Crippen LogP contribution in [0.1, 0.15) is 0 Å². The Hall–Kier alpha value is -7.22. The smallest absolute Gasteiger partial charge is 0.0540 e. The molecule has 0 saturated carbocycles. The van der Waals surface area contributed by atoms with Gasteiger partial charge in [-0.25, -0.2) is 0 Å². The molecule has 1 heteroatoms. The van der Waals surface area contributed by atoms with E-state index >= 15 is 0 Å². The van der Waals surface area contributed by atoms with Gasteiger partial charge in [-0.05, 0) is 97.6 Å². The maximum absolute atomic E-state index is 2.40. The molecule has 0 bridgehead atoms. The van der Waals surface area contributed by atoms with Crippen LogP contribution in [0, 0.1) is 0 Å². The summed E-state index contributed by atoms with van der Waals surface area (Å²) in [5.41, 5.74) is 17.7. The molecule has 9 rings (SSSR count). The van der Waals surface area contributed by atoms with Gasteiger partial charge in [-0.2, -0.15) is 0 Å². The Balaban J connectivity index is 1.17.